The van der Waals surface area contributed by atoms with E-state index in [4.69, 9.17) is 5.73 Å². The SMILES string of the molecule is Nc1c(N(CC(=O)N2CCCCC2)Cc2ccccc2)c(=O)[nH]c(=O)n1Cc1ccccc1. The van der Waals surface area contributed by atoms with Gasteiger partial charge in [-0.1, -0.05) is 60.7 Å². The van der Waals surface area contributed by atoms with Crippen molar-refractivity contribution in [3.05, 3.63) is 92.6 Å². The molecule has 1 aromatic heterocycles. The lowest BCUT2D eigenvalue weighted by atomic mass is 10.1. The van der Waals surface area contributed by atoms with Crippen LogP contribution in [0.5, 0.6) is 0 Å². The third-order valence-corrected chi connectivity index (χ3v) is 5.96. The first kappa shape index (κ1) is 22.4. The highest BCUT2D eigenvalue weighted by molar-refractivity contribution is 5.82. The van der Waals surface area contributed by atoms with Gasteiger partial charge >= 0.3 is 5.69 Å². The van der Waals surface area contributed by atoms with Crippen molar-refractivity contribution in [1.82, 2.24) is 14.5 Å². The Morgan fingerprint density at radius 3 is 2.15 bits per heavy atom. The molecule has 0 saturated carbocycles. The first-order valence-corrected chi connectivity index (χ1v) is 11.3. The number of amides is 1. The van der Waals surface area contributed by atoms with Crippen LogP contribution in [0.2, 0.25) is 0 Å². The maximum atomic E-state index is 13.1. The molecular weight excluding hydrogens is 418 g/mol. The number of benzene rings is 2. The van der Waals surface area contributed by atoms with Crippen LogP contribution in [0.4, 0.5) is 11.5 Å². The third kappa shape index (κ3) is 5.34. The number of anilines is 2. The molecule has 172 valence electrons. The molecule has 1 amide bonds. The van der Waals surface area contributed by atoms with Gasteiger partial charge in [0, 0.05) is 19.6 Å². The number of carbonyl (C=O) groups excluding carboxylic acids is 1. The second-order valence-corrected chi connectivity index (χ2v) is 8.35. The van der Waals surface area contributed by atoms with Gasteiger partial charge < -0.3 is 15.5 Å². The van der Waals surface area contributed by atoms with Crippen molar-refractivity contribution >= 4 is 17.4 Å². The Hall–Kier alpha value is -3.81. The molecule has 0 atom stereocenters. The standard InChI is InChI=1S/C25H29N5O3/c26-23-22(24(32)27-25(33)30(23)17-20-12-6-2-7-13-20)29(16-19-10-4-1-5-11-19)18-21(31)28-14-8-3-9-15-28/h1-2,4-7,10-13H,3,8-9,14-18,26H2,(H,27,32,33). The van der Waals surface area contributed by atoms with Gasteiger partial charge in [-0.3, -0.25) is 19.1 Å². The van der Waals surface area contributed by atoms with Crippen molar-refractivity contribution in [2.75, 3.05) is 30.3 Å². The van der Waals surface area contributed by atoms with Gasteiger partial charge in [0.05, 0.1) is 13.1 Å². The Morgan fingerprint density at radius 2 is 1.52 bits per heavy atom. The molecule has 8 nitrogen and oxygen atoms in total. The van der Waals surface area contributed by atoms with Gasteiger partial charge in [-0.15, -0.1) is 0 Å². The second kappa shape index (κ2) is 10.2. The molecule has 1 saturated heterocycles. The van der Waals surface area contributed by atoms with Crippen LogP contribution in [0.1, 0.15) is 30.4 Å². The summed E-state index contributed by atoms with van der Waals surface area (Å²) in [5.41, 5.74) is 7.20. The molecule has 0 spiro atoms. The molecule has 1 aliphatic heterocycles. The zero-order valence-electron chi connectivity index (χ0n) is 18.6. The van der Waals surface area contributed by atoms with E-state index in [2.05, 4.69) is 4.98 Å². The lowest BCUT2D eigenvalue weighted by Crippen LogP contribution is -2.45. The summed E-state index contributed by atoms with van der Waals surface area (Å²) in [6.07, 6.45) is 3.08. The van der Waals surface area contributed by atoms with E-state index >= 15 is 0 Å². The van der Waals surface area contributed by atoms with Gasteiger partial charge in [0.1, 0.15) is 11.5 Å². The lowest BCUT2D eigenvalue weighted by Gasteiger charge is -2.31. The minimum Gasteiger partial charge on any atom is -0.383 e. The van der Waals surface area contributed by atoms with Gasteiger partial charge in [0.2, 0.25) is 5.91 Å². The Balaban J connectivity index is 1.71. The van der Waals surface area contributed by atoms with Crippen LogP contribution in [0.15, 0.2) is 70.3 Å². The maximum absolute atomic E-state index is 13.1. The average Bonchev–Trinajstić information content (AvgIpc) is 2.83. The van der Waals surface area contributed by atoms with E-state index < -0.39 is 11.2 Å². The summed E-state index contributed by atoms with van der Waals surface area (Å²) in [5.74, 6) is 0.000203. The van der Waals surface area contributed by atoms with Crippen molar-refractivity contribution in [1.29, 1.82) is 0 Å². The number of nitrogens with two attached hydrogens (primary N) is 1. The predicted octanol–water partition coefficient (Wildman–Crippen LogP) is 2.19. The molecule has 4 rings (SSSR count). The molecule has 2 heterocycles. The van der Waals surface area contributed by atoms with E-state index in [1.54, 1.807) is 4.90 Å². The number of hydrogen-bond donors (Lipinski definition) is 2. The van der Waals surface area contributed by atoms with E-state index in [1.165, 1.54) is 4.57 Å². The number of nitrogen functional groups attached to an aromatic ring is 1. The van der Waals surface area contributed by atoms with E-state index in [9.17, 15) is 14.4 Å². The Morgan fingerprint density at radius 1 is 0.909 bits per heavy atom. The van der Waals surface area contributed by atoms with Crippen LogP contribution in [0.25, 0.3) is 0 Å². The van der Waals surface area contributed by atoms with Crippen molar-refractivity contribution < 1.29 is 4.79 Å². The molecule has 0 radical (unpaired) electrons. The minimum absolute atomic E-state index is 0.00567. The molecule has 33 heavy (non-hydrogen) atoms. The molecule has 1 fully saturated rings. The predicted molar refractivity (Wildman–Crippen MR) is 129 cm³/mol. The summed E-state index contributed by atoms with van der Waals surface area (Å²) >= 11 is 0. The Bertz CT molecular complexity index is 1200. The number of H-pyrrole nitrogens is 1. The molecule has 1 aliphatic rings. The van der Waals surface area contributed by atoms with E-state index in [0.717, 1.165) is 43.5 Å². The Kier molecular flexibility index (Phi) is 6.92. The zero-order chi connectivity index (χ0) is 23.2. The average molecular weight is 448 g/mol. The number of nitrogens with zero attached hydrogens (tertiary/aromatic N) is 3. The molecule has 0 bridgehead atoms. The molecule has 2 aromatic carbocycles. The first-order chi connectivity index (χ1) is 16.0. The fourth-order valence-corrected chi connectivity index (χ4v) is 4.23. The van der Waals surface area contributed by atoms with Gasteiger partial charge in [0.25, 0.3) is 5.56 Å². The highest BCUT2D eigenvalue weighted by atomic mass is 16.2. The summed E-state index contributed by atoms with van der Waals surface area (Å²) in [6.45, 7) is 1.98. The van der Waals surface area contributed by atoms with Gasteiger partial charge in [-0.05, 0) is 30.4 Å². The van der Waals surface area contributed by atoms with Gasteiger partial charge in [-0.25, -0.2) is 4.79 Å². The first-order valence-electron chi connectivity index (χ1n) is 11.3. The molecule has 8 heteroatoms. The van der Waals surface area contributed by atoms with Crippen LogP contribution in [0.3, 0.4) is 0 Å². The fourth-order valence-electron chi connectivity index (χ4n) is 4.23. The summed E-state index contributed by atoms with van der Waals surface area (Å²) in [6, 6.07) is 19.0. The monoisotopic (exact) mass is 447 g/mol. The number of nitrogens with one attached hydrogen (secondary N) is 1. The van der Waals surface area contributed by atoms with Crippen molar-refractivity contribution in [2.24, 2.45) is 0 Å². The van der Waals surface area contributed by atoms with E-state index in [1.807, 2.05) is 65.6 Å². The summed E-state index contributed by atoms with van der Waals surface area (Å²) in [7, 11) is 0. The highest BCUT2D eigenvalue weighted by Crippen LogP contribution is 2.21. The molecule has 3 N–H and O–H groups in total. The molecule has 0 unspecified atom stereocenters. The number of aromatic amines is 1. The van der Waals surface area contributed by atoms with E-state index in [-0.39, 0.29) is 30.5 Å². The molecule has 0 aliphatic carbocycles. The number of piperidine rings is 1. The molecular formula is C25H29N5O3. The van der Waals surface area contributed by atoms with Crippen LogP contribution in [-0.4, -0.2) is 40.0 Å². The van der Waals surface area contributed by atoms with Crippen molar-refractivity contribution in [2.45, 2.75) is 32.4 Å². The highest BCUT2D eigenvalue weighted by Gasteiger charge is 2.24. The van der Waals surface area contributed by atoms with Crippen LogP contribution >= 0.6 is 0 Å². The number of aromatic nitrogens is 2. The number of hydrogen-bond acceptors (Lipinski definition) is 5. The van der Waals surface area contributed by atoms with Crippen molar-refractivity contribution in [3.63, 3.8) is 0 Å². The van der Waals surface area contributed by atoms with Gasteiger partial charge in [-0.2, -0.15) is 0 Å². The van der Waals surface area contributed by atoms with Crippen LogP contribution in [0, 0.1) is 0 Å². The minimum atomic E-state index is -0.593. The topological polar surface area (TPSA) is 104 Å². The lowest BCUT2D eigenvalue weighted by molar-refractivity contribution is -0.130. The van der Waals surface area contributed by atoms with Gasteiger partial charge in [0.15, 0.2) is 0 Å². The molecule has 3 aromatic rings. The van der Waals surface area contributed by atoms with Crippen LogP contribution in [-0.2, 0) is 17.9 Å². The van der Waals surface area contributed by atoms with Crippen LogP contribution < -0.4 is 21.9 Å². The smallest absolute Gasteiger partial charge is 0.330 e. The summed E-state index contributed by atoms with van der Waals surface area (Å²) in [4.78, 5) is 44.6. The van der Waals surface area contributed by atoms with E-state index in [0.29, 0.717) is 6.54 Å². The Labute approximate surface area is 192 Å². The summed E-state index contributed by atoms with van der Waals surface area (Å²) < 4.78 is 1.34. The maximum Gasteiger partial charge on any atom is 0.330 e. The third-order valence-electron chi connectivity index (χ3n) is 5.96. The normalized spacial score (nSPS) is 13.6. The fraction of sp³-hybridized carbons (Fsp3) is 0.320. The number of rotatable bonds is 7. The number of carbonyl (C=O) groups is 1. The quantitative estimate of drug-likeness (QED) is 0.578. The summed E-state index contributed by atoms with van der Waals surface area (Å²) in [5, 5.41) is 0. The zero-order valence-corrected chi connectivity index (χ0v) is 18.6. The van der Waals surface area contributed by atoms with Crippen molar-refractivity contribution in [3.8, 4) is 0 Å². The second-order valence-electron chi connectivity index (χ2n) is 8.35. The largest absolute Gasteiger partial charge is 0.383 e. The number of likely N-dealkylation sites (tertiary alicyclic amines) is 1.